The molecule has 5 nitrogen and oxygen atoms in total. The maximum Gasteiger partial charge on any atom is 0.246 e. The monoisotopic (exact) mass is 307 g/mol. The van der Waals surface area contributed by atoms with Crippen LogP contribution in [0.1, 0.15) is 33.1 Å². The molecule has 0 bridgehead atoms. The predicted molar refractivity (Wildman–Crippen MR) is 84.5 cm³/mol. The molecule has 0 atom stereocenters. The number of carbonyl (C=O) groups excluding carboxylic acids is 1. The molecule has 1 aliphatic heterocycles. The van der Waals surface area contributed by atoms with Gasteiger partial charge < -0.3 is 20.3 Å². The van der Waals surface area contributed by atoms with Gasteiger partial charge in [-0.2, -0.15) is 0 Å². The fourth-order valence-electron chi connectivity index (χ4n) is 2.30. The van der Waals surface area contributed by atoms with E-state index >= 15 is 0 Å². The first-order valence-corrected chi connectivity index (χ1v) is 7.57. The maximum absolute atomic E-state index is 11.6. The second-order valence-electron chi connectivity index (χ2n) is 5.04. The summed E-state index contributed by atoms with van der Waals surface area (Å²) < 4.78 is 5.61. The van der Waals surface area contributed by atoms with Gasteiger partial charge in [-0.3, -0.25) is 4.79 Å². The van der Waals surface area contributed by atoms with Gasteiger partial charge in [0.2, 0.25) is 5.91 Å². The van der Waals surface area contributed by atoms with Gasteiger partial charge >= 0.3 is 0 Å². The minimum atomic E-state index is 0. The van der Waals surface area contributed by atoms with Crippen LogP contribution in [0.4, 0.5) is 0 Å². The lowest BCUT2D eigenvalue weighted by atomic mass is 10.1. The molecule has 0 aromatic carbocycles. The molecular formula is C14H30ClN3O2. The van der Waals surface area contributed by atoms with Crippen LogP contribution in [0, 0.1) is 0 Å². The normalized spacial score (nSPS) is 15.9. The first-order valence-electron chi connectivity index (χ1n) is 7.57. The highest BCUT2D eigenvalue weighted by atomic mass is 35.5. The number of ether oxygens (including phenoxy) is 1. The molecule has 1 fully saturated rings. The number of rotatable bonds is 9. The highest BCUT2D eigenvalue weighted by molar-refractivity contribution is 5.85. The number of amides is 1. The summed E-state index contributed by atoms with van der Waals surface area (Å²) in [6.07, 6.45) is 3.42. The Morgan fingerprint density at radius 1 is 1.30 bits per heavy atom. The fourth-order valence-corrected chi connectivity index (χ4v) is 2.30. The van der Waals surface area contributed by atoms with Crippen molar-refractivity contribution < 1.29 is 9.53 Å². The smallest absolute Gasteiger partial charge is 0.246 e. The number of piperidine rings is 1. The van der Waals surface area contributed by atoms with E-state index in [0.29, 0.717) is 6.54 Å². The van der Waals surface area contributed by atoms with Gasteiger partial charge in [-0.05, 0) is 45.4 Å². The second kappa shape index (κ2) is 12.4. The molecule has 1 rings (SSSR count). The molecule has 6 heteroatoms. The van der Waals surface area contributed by atoms with Crippen molar-refractivity contribution >= 4 is 18.3 Å². The van der Waals surface area contributed by atoms with Crippen molar-refractivity contribution in [3.63, 3.8) is 0 Å². The summed E-state index contributed by atoms with van der Waals surface area (Å²) in [7, 11) is 0. The van der Waals surface area contributed by atoms with E-state index in [1.54, 1.807) is 0 Å². The third-order valence-corrected chi connectivity index (χ3v) is 3.47. The zero-order valence-electron chi connectivity index (χ0n) is 12.8. The summed E-state index contributed by atoms with van der Waals surface area (Å²) in [5.74, 6) is 0.00563. The van der Waals surface area contributed by atoms with Crippen molar-refractivity contribution in [3.05, 3.63) is 0 Å². The van der Waals surface area contributed by atoms with Gasteiger partial charge in [0, 0.05) is 13.1 Å². The molecule has 0 aromatic heterocycles. The fraction of sp³-hybridized carbons (Fsp3) is 0.929. The molecular weight excluding hydrogens is 278 g/mol. The molecule has 0 aromatic rings. The third kappa shape index (κ3) is 8.74. The van der Waals surface area contributed by atoms with Crippen molar-refractivity contribution in [1.29, 1.82) is 0 Å². The van der Waals surface area contributed by atoms with E-state index in [-0.39, 0.29) is 31.0 Å². The first kappa shape index (κ1) is 19.6. The van der Waals surface area contributed by atoms with E-state index in [1.807, 2.05) is 0 Å². The summed E-state index contributed by atoms with van der Waals surface area (Å²) >= 11 is 0. The summed E-state index contributed by atoms with van der Waals surface area (Å²) in [5.41, 5.74) is 0. The topological polar surface area (TPSA) is 53.6 Å². The zero-order chi connectivity index (χ0) is 13.9. The van der Waals surface area contributed by atoms with Crippen molar-refractivity contribution in [2.24, 2.45) is 0 Å². The van der Waals surface area contributed by atoms with Gasteiger partial charge in [0.05, 0.1) is 6.10 Å². The summed E-state index contributed by atoms with van der Waals surface area (Å²) in [4.78, 5) is 14.0. The highest BCUT2D eigenvalue weighted by Crippen LogP contribution is 2.06. The lowest BCUT2D eigenvalue weighted by molar-refractivity contribution is -0.128. The number of carbonyl (C=O) groups is 1. The molecule has 0 radical (unpaired) electrons. The quantitative estimate of drug-likeness (QED) is 0.668. The number of hydrogen-bond donors (Lipinski definition) is 2. The van der Waals surface area contributed by atoms with Crippen LogP contribution in [-0.2, 0) is 9.53 Å². The molecule has 0 saturated carbocycles. The molecule has 20 heavy (non-hydrogen) atoms. The summed E-state index contributed by atoms with van der Waals surface area (Å²) in [6.45, 7) is 10.3. The van der Waals surface area contributed by atoms with Crippen molar-refractivity contribution in [1.82, 2.24) is 15.5 Å². The van der Waals surface area contributed by atoms with Crippen LogP contribution >= 0.6 is 12.4 Å². The molecule has 1 amide bonds. The molecule has 0 aliphatic carbocycles. The Morgan fingerprint density at radius 3 is 2.60 bits per heavy atom. The highest BCUT2D eigenvalue weighted by Gasteiger charge is 2.14. The Morgan fingerprint density at radius 2 is 2.00 bits per heavy atom. The van der Waals surface area contributed by atoms with Gasteiger partial charge in [-0.15, -0.1) is 12.4 Å². The van der Waals surface area contributed by atoms with Crippen LogP contribution in [0.5, 0.6) is 0 Å². The van der Waals surface area contributed by atoms with Crippen LogP contribution in [0.2, 0.25) is 0 Å². The SMILES string of the molecule is CCCN(CC)CCNC(=O)COC1CCNCC1.Cl. The van der Waals surface area contributed by atoms with Gasteiger partial charge in [0.15, 0.2) is 0 Å². The van der Waals surface area contributed by atoms with Crippen LogP contribution in [0.25, 0.3) is 0 Å². The number of halogens is 1. The zero-order valence-corrected chi connectivity index (χ0v) is 13.6. The molecule has 0 spiro atoms. The minimum absolute atomic E-state index is 0. The van der Waals surface area contributed by atoms with Gasteiger partial charge in [-0.25, -0.2) is 0 Å². The predicted octanol–water partition coefficient (Wildman–Crippen LogP) is 1.02. The molecule has 1 aliphatic rings. The maximum atomic E-state index is 11.6. The van der Waals surface area contributed by atoms with Crippen LogP contribution in [0.3, 0.4) is 0 Å². The average molecular weight is 308 g/mol. The van der Waals surface area contributed by atoms with Crippen molar-refractivity contribution in [2.75, 3.05) is 45.9 Å². The van der Waals surface area contributed by atoms with Gasteiger partial charge in [0.25, 0.3) is 0 Å². The lowest BCUT2D eigenvalue weighted by Crippen LogP contribution is -2.38. The Hall–Kier alpha value is -0.360. The van der Waals surface area contributed by atoms with Gasteiger partial charge in [-0.1, -0.05) is 13.8 Å². The minimum Gasteiger partial charge on any atom is -0.368 e. The number of nitrogens with one attached hydrogen (secondary N) is 2. The number of nitrogens with zero attached hydrogens (tertiary/aromatic N) is 1. The van der Waals surface area contributed by atoms with E-state index in [9.17, 15) is 4.79 Å². The van der Waals surface area contributed by atoms with E-state index in [1.165, 1.54) is 0 Å². The van der Waals surface area contributed by atoms with Crippen molar-refractivity contribution in [3.8, 4) is 0 Å². The third-order valence-electron chi connectivity index (χ3n) is 3.47. The summed E-state index contributed by atoms with van der Waals surface area (Å²) in [6, 6.07) is 0. The van der Waals surface area contributed by atoms with E-state index in [0.717, 1.165) is 52.0 Å². The summed E-state index contributed by atoms with van der Waals surface area (Å²) in [5, 5.41) is 6.21. The average Bonchev–Trinajstić information content (AvgIpc) is 2.45. The van der Waals surface area contributed by atoms with E-state index < -0.39 is 0 Å². The first-order chi connectivity index (χ1) is 9.26. The standard InChI is InChI=1S/C14H29N3O2.ClH/c1-3-10-17(4-2)11-9-16-14(18)12-19-13-5-7-15-8-6-13;/h13,15H,3-12H2,1-2H3,(H,16,18);1H. The Kier molecular flexibility index (Phi) is 12.2. The molecule has 0 unspecified atom stereocenters. The molecule has 1 heterocycles. The Labute approximate surface area is 129 Å². The van der Waals surface area contributed by atoms with E-state index in [2.05, 4.69) is 29.4 Å². The lowest BCUT2D eigenvalue weighted by Gasteiger charge is -2.23. The molecule has 2 N–H and O–H groups in total. The van der Waals surface area contributed by atoms with Crippen LogP contribution in [0.15, 0.2) is 0 Å². The van der Waals surface area contributed by atoms with Crippen LogP contribution in [-0.4, -0.2) is 62.8 Å². The number of hydrogen-bond acceptors (Lipinski definition) is 4. The number of likely N-dealkylation sites (N-methyl/N-ethyl adjacent to an activating group) is 1. The second-order valence-corrected chi connectivity index (χ2v) is 5.04. The Bertz CT molecular complexity index is 249. The van der Waals surface area contributed by atoms with Crippen LogP contribution < -0.4 is 10.6 Å². The van der Waals surface area contributed by atoms with Gasteiger partial charge in [0.1, 0.15) is 6.61 Å². The molecule has 120 valence electrons. The van der Waals surface area contributed by atoms with Crippen molar-refractivity contribution in [2.45, 2.75) is 39.2 Å². The molecule has 1 saturated heterocycles. The Balaban J connectivity index is 0.00000361. The van der Waals surface area contributed by atoms with E-state index in [4.69, 9.17) is 4.74 Å². The largest absolute Gasteiger partial charge is 0.368 e.